The predicted octanol–water partition coefficient (Wildman–Crippen LogP) is 3.95. The molecule has 0 bridgehead atoms. The normalized spacial score (nSPS) is 10.1. The molecule has 0 saturated carbocycles. The Bertz CT molecular complexity index is 452. The lowest BCUT2D eigenvalue weighted by Crippen LogP contribution is -1.81. The third-order valence-corrected chi connectivity index (χ3v) is 2.26. The van der Waals surface area contributed by atoms with Gasteiger partial charge in [-0.2, -0.15) is 0 Å². The minimum absolute atomic E-state index is 0.279. The zero-order chi connectivity index (χ0) is 9.97. The van der Waals surface area contributed by atoms with Crippen molar-refractivity contribution in [2.24, 2.45) is 0 Å². The van der Waals surface area contributed by atoms with Crippen LogP contribution in [0.2, 0.25) is 5.02 Å². The van der Waals surface area contributed by atoms with Crippen molar-refractivity contribution >= 4 is 11.6 Å². The van der Waals surface area contributed by atoms with Gasteiger partial charge in [-0.15, -0.1) is 0 Å². The number of rotatable bonds is 1. The van der Waals surface area contributed by atoms with Gasteiger partial charge in [0.1, 0.15) is 5.82 Å². The van der Waals surface area contributed by atoms with E-state index in [1.807, 2.05) is 18.2 Å². The van der Waals surface area contributed by atoms with Crippen LogP contribution in [0.1, 0.15) is 0 Å². The van der Waals surface area contributed by atoms with Gasteiger partial charge in [0.25, 0.3) is 0 Å². The maximum absolute atomic E-state index is 12.9. The fourth-order valence-corrected chi connectivity index (χ4v) is 1.51. The molecule has 0 amide bonds. The molecule has 0 aliphatic carbocycles. The van der Waals surface area contributed by atoms with Crippen molar-refractivity contribution in [1.82, 2.24) is 0 Å². The molecule has 0 nitrogen and oxygen atoms in total. The van der Waals surface area contributed by atoms with Crippen LogP contribution in [0, 0.1) is 11.9 Å². The topological polar surface area (TPSA) is 0 Å². The third-order valence-electron chi connectivity index (χ3n) is 1.93. The number of benzene rings is 2. The molecule has 2 rings (SSSR count). The van der Waals surface area contributed by atoms with E-state index in [-0.39, 0.29) is 5.82 Å². The highest BCUT2D eigenvalue weighted by Crippen LogP contribution is 2.27. The lowest BCUT2D eigenvalue weighted by molar-refractivity contribution is 0.628. The van der Waals surface area contributed by atoms with Gasteiger partial charge in [-0.25, -0.2) is 4.39 Å². The van der Waals surface area contributed by atoms with Crippen LogP contribution < -0.4 is 0 Å². The van der Waals surface area contributed by atoms with Gasteiger partial charge in [-0.1, -0.05) is 35.9 Å². The molecule has 0 N–H and O–H groups in total. The van der Waals surface area contributed by atoms with Crippen molar-refractivity contribution in [2.75, 3.05) is 0 Å². The number of hydrogen-bond donors (Lipinski definition) is 0. The summed E-state index contributed by atoms with van der Waals surface area (Å²) in [5.74, 6) is -0.279. The first-order valence-corrected chi connectivity index (χ1v) is 4.57. The SMILES string of the molecule is Fc1cc[c]c(-c2ccccc2Cl)c1. The minimum atomic E-state index is -0.279. The van der Waals surface area contributed by atoms with Crippen molar-refractivity contribution in [3.8, 4) is 11.1 Å². The Hall–Kier alpha value is -1.34. The maximum atomic E-state index is 12.9. The first-order valence-electron chi connectivity index (χ1n) is 4.19. The van der Waals surface area contributed by atoms with Crippen LogP contribution in [-0.4, -0.2) is 0 Å². The molecule has 0 saturated heterocycles. The van der Waals surface area contributed by atoms with E-state index < -0.39 is 0 Å². The van der Waals surface area contributed by atoms with Crippen LogP contribution >= 0.6 is 11.6 Å². The van der Waals surface area contributed by atoms with E-state index >= 15 is 0 Å². The summed E-state index contributed by atoms with van der Waals surface area (Å²) in [6.45, 7) is 0. The number of hydrogen-bond acceptors (Lipinski definition) is 0. The Morgan fingerprint density at radius 2 is 1.93 bits per heavy atom. The lowest BCUT2D eigenvalue weighted by atomic mass is 10.1. The maximum Gasteiger partial charge on any atom is 0.123 e. The molecule has 2 heteroatoms. The molecule has 0 unspecified atom stereocenters. The third kappa shape index (κ3) is 1.78. The lowest BCUT2D eigenvalue weighted by Gasteiger charge is -2.02. The van der Waals surface area contributed by atoms with Crippen LogP contribution in [0.3, 0.4) is 0 Å². The molecule has 2 aromatic carbocycles. The highest BCUT2D eigenvalue weighted by molar-refractivity contribution is 6.33. The summed E-state index contributed by atoms with van der Waals surface area (Å²) < 4.78 is 12.9. The average molecular weight is 206 g/mol. The first-order chi connectivity index (χ1) is 6.77. The largest absolute Gasteiger partial charge is 0.207 e. The van der Waals surface area contributed by atoms with Crippen LogP contribution in [0.25, 0.3) is 11.1 Å². The second-order valence-corrected chi connectivity index (χ2v) is 3.31. The van der Waals surface area contributed by atoms with Crippen LogP contribution in [-0.2, 0) is 0 Å². The van der Waals surface area contributed by atoms with E-state index in [1.54, 1.807) is 12.1 Å². The van der Waals surface area contributed by atoms with E-state index in [1.165, 1.54) is 12.1 Å². The monoisotopic (exact) mass is 205 g/mol. The molecular weight excluding hydrogens is 199 g/mol. The molecule has 0 atom stereocenters. The molecule has 0 fully saturated rings. The fourth-order valence-electron chi connectivity index (χ4n) is 1.27. The van der Waals surface area contributed by atoms with Crippen LogP contribution in [0.15, 0.2) is 42.5 Å². The highest BCUT2D eigenvalue weighted by atomic mass is 35.5. The van der Waals surface area contributed by atoms with E-state index in [0.29, 0.717) is 10.6 Å². The van der Waals surface area contributed by atoms with E-state index in [0.717, 1.165) is 5.56 Å². The average Bonchev–Trinajstić information content (AvgIpc) is 2.18. The van der Waals surface area contributed by atoms with Crippen molar-refractivity contribution in [3.63, 3.8) is 0 Å². The molecule has 69 valence electrons. The summed E-state index contributed by atoms with van der Waals surface area (Å²) in [5.41, 5.74) is 1.48. The first kappa shape index (κ1) is 9.22. The van der Waals surface area contributed by atoms with E-state index in [9.17, 15) is 4.39 Å². The van der Waals surface area contributed by atoms with Gasteiger partial charge >= 0.3 is 0 Å². The zero-order valence-electron chi connectivity index (χ0n) is 7.30. The number of halogens is 2. The van der Waals surface area contributed by atoms with Gasteiger partial charge in [-0.05, 0) is 29.8 Å². The van der Waals surface area contributed by atoms with Crippen molar-refractivity contribution in [2.45, 2.75) is 0 Å². The molecule has 0 aliphatic rings. The molecule has 0 spiro atoms. The van der Waals surface area contributed by atoms with Crippen LogP contribution in [0.4, 0.5) is 4.39 Å². The standard InChI is InChI=1S/C12H7ClF/c13-12-7-2-1-6-11(12)9-4-3-5-10(14)8-9/h1-3,5-8H. The molecule has 2 aromatic rings. The van der Waals surface area contributed by atoms with Crippen molar-refractivity contribution in [3.05, 3.63) is 59.4 Å². The summed E-state index contributed by atoms with van der Waals surface area (Å²) in [5, 5.41) is 0.606. The quantitative estimate of drug-likeness (QED) is 0.662. The van der Waals surface area contributed by atoms with Gasteiger partial charge in [0.2, 0.25) is 0 Å². The minimum Gasteiger partial charge on any atom is -0.207 e. The molecule has 14 heavy (non-hydrogen) atoms. The molecular formula is C12H7ClF. The molecule has 0 aliphatic heterocycles. The summed E-state index contributed by atoms with van der Waals surface area (Å²) in [4.78, 5) is 0. The molecule has 0 heterocycles. The smallest absolute Gasteiger partial charge is 0.123 e. The Morgan fingerprint density at radius 3 is 2.64 bits per heavy atom. The Balaban J connectivity index is 2.55. The summed E-state index contributed by atoms with van der Waals surface area (Å²) in [6.07, 6.45) is 0. The van der Waals surface area contributed by atoms with Crippen molar-refractivity contribution in [1.29, 1.82) is 0 Å². The molecule has 0 aromatic heterocycles. The second kappa shape index (κ2) is 3.81. The van der Waals surface area contributed by atoms with Crippen LogP contribution in [0.5, 0.6) is 0 Å². The molecule has 1 radical (unpaired) electrons. The van der Waals surface area contributed by atoms with Gasteiger partial charge < -0.3 is 0 Å². The predicted molar refractivity (Wildman–Crippen MR) is 55.7 cm³/mol. The van der Waals surface area contributed by atoms with E-state index in [2.05, 4.69) is 6.07 Å². The van der Waals surface area contributed by atoms with Gasteiger partial charge in [-0.3, -0.25) is 0 Å². The summed E-state index contributed by atoms with van der Waals surface area (Å²) in [7, 11) is 0. The second-order valence-electron chi connectivity index (χ2n) is 2.90. The van der Waals surface area contributed by atoms with Gasteiger partial charge in [0.05, 0.1) is 0 Å². The Kier molecular flexibility index (Phi) is 2.51. The van der Waals surface area contributed by atoms with E-state index in [4.69, 9.17) is 11.6 Å². The zero-order valence-corrected chi connectivity index (χ0v) is 8.05. The van der Waals surface area contributed by atoms with Crippen molar-refractivity contribution < 1.29 is 4.39 Å². The highest BCUT2D eigenvalue weighted by Gasteiger charge is 2.02. The Labute approximate surface area is 87.0 Å². The Morgan fingerprint density at radius 1 is 1.14 bits per heavy atom. The summed E-state index contributed by atoms with van der Waals surface area (Å²) in [6, 6.07) is 14.6. The van der Waals surface area contributed by atoms with Gasteiger partial charge in [0, 0.05) is 10.6 Å². The fraction of sp³-hybridized carbons (Fsp3) is 0. The summed E-state index contributed by atoms with van der Waals surface area (Å²) >= 11 is 5.97. The van der Waals surface area contributed by atoms with Gasteiger partial charge in [0.15, 0.2) is 0 Å².